The Morgan fingerprint density at radius 3 is 1.86 bits per heavy atom. The van der Waals surface area contributed by atoms with Gasteiger partial charge >= 0.3 is 35.2 Å². The monoisotopic (exact) mass is 325 g/mol. The molecule has 0 aliphatic rings. The van der Waals surface area contributed by atoms with Gasteiger partial charge in [-0.05, 0) is 17.4 Å². The van der Waals surface area contributed by atoms with E-state index in [1.807, 2.05) is 18.2 Å². The number of hydrogen-bond donors (Lipinski definition) is 0. The summed E-state index contributed by atoms with van der Waals surface area (Å²) < 4.78 is 10.7. The molecule has 1 unspecified atom stereocenters. The van der Waals surface area contributed by atoms with Gasteiger partial charge in [0.05, 0.1) is 14.2 Å². The zero-order valence-electron chi connectivity index (χ0n) is 8.03. The van der Waals surface area contributed by atoms with Crippen LogP contribution in [0.5, 0.6) is 11.5 Å². The van der Waals surface area contributed by atoms with Crippen LogP contribution >= 0.6 is 20.8 Å². The molecule has 0 spiro atoms. The SMILES string of the molecule is COc1cc(P)cc(OC)c1.Cl[CH2][Pd]. The molecule has 1 aromatic carbocycles. The van der Waals surface area contributed by atoms with E-state index in [1.165, 1.54) is 0 Å². The van der Waals surface area contributed by atoms with Gasteiger partial charge in [-0.25, -0.2) is 0 Å². The quantitative estimate of drug-likeness (QED) is 0.470. The van der Waals surface area contributed by atoms with E-state index in [4.69, 9.17) is 21.1 Å². The molecule has 0 radical (unpaired) electrons. The Kier molecular flexibility index (Phi) is 8.63. The molecule has 5 heteroatoms. The third-order valence-electron chi connectivity index (χ3n) is 1.37. The van der Waals surface area contributed by atoms with Gasteiger partial charge in [0.15, 0.2) is 0 Å². The van der Waals surface area contributed by atoms with Crippen molar-refractivity contribution in [3.63, 3.8) is 0 Å². The van der Waals surface area contributed by atoms with Crippen molar-refractivity contribution in [2.24, 2.45) is 0 Å². The fraction of sp³-hybridized carbons (Fsp3) is 0.333. The predicted molar refractivity (Wildman–Crippen MR) is 59.6 cm³/mol. The summed E-state index contributed by atoms with van der Waals surface area (Å²) in [6.07, 6.45) is 0. The van der Waals surface area contributed by atoms with Crippen molar-refractivity contribution < 1.29 is 28.7 Å². The van der Waals surface area contributed by atoms with Crippen LogP contribution in [-0.2, 0) is 19.2 Å². The summed E-state index contributed by atoms with van der Waals surface area (Å²) in [5.41, 5.74) is 0. The van der Waals surface area contributed by atoms with E-state index in [0.717, 1.165) is 16.8 Å². The van der Waals surface area contributed by atoms with Gasteiger partial charge in [0.2, 0.25) is 0 Å². The van der Waals surface area contributed by atoms with E-state index in [9.17, 15) is 0 Å². The molecule has 0 aliphatic carbocycles. The Morgan fingerprint density at radius 2 is 1.57 bits per heavy atom. The topological polar surface area (TPSA) is 18.5 Å². The molecule has 0 aliphatic heterocycles. The molecule has 1 atom stereocenters. The third kappa shape index (κ3) is 5.83. The number of methoxy groups -OCH3 is 2. The maximum absolute atomic E-state index is 5.04. The Balaban J connectivity index is 0.000000500. The fourth-order valence-corrected chi connectivity index (χ4v) is 1.16. The summed E-state index contributed by atoms with van der Waals surface area (Å²) in [4.78, 5) is 0. The van der Waals surface area contributed by atoms with Gasteiger partial charge in [0, 0.05) is 6.07 Å². The Morgan fingerprint density at radius 1 is 1.21 bits per heavy atom. The molecule has 0 N–H and O–H groups in total. The minimum atomic E-state index is 0.572. The Labute approximate surface area is 103 Å². The molecule has 2 nitrogen and oxygen atoms in total. The van der Waals surface area contributed by atoms with Crippen LogP contribution in [0.3, 0.4) is 0 Å². The van der Waals surface area contributed by atoms with Gasteiger partial charge in [-0.1, -0.05) is 0 Å². The average Bonchev–Trinajstić information content (AvgIpc) is 2.18. The summed E-state index contributed by atoms with van der Waals surface area (Å²) in [5.74, 6) is 1.63. The second-order valence-corrected chi connectivity index (χ2v) is 4.31. The summed E-state index contributed by atoms with van der Waals surface area (Å²) in [5, 5.41) is 1.06. The molecule has 83 valence electrons. The Bertz CT molecular complexity index is 249. The second kappa shape index (κ2) is 8.51. The van der Waals surface area contributed by atoms with E-state index in [-0.39, 0.29) is 0 Å². The molecule has 14 heavy (non-hydrogen) atoms. The number of benzene rings is 1. The molecule has 0 amide bonds. The average molecular weight is 326 g/mol. The molecular weight excluding hydrogens is 313 g/mol. The molecule has 0 heterocycles. The van der Waals surface area contributed by atoms with E-state index in [2.05, 4.69) is 28.4 Å². The van der Waals surface area contributed by atoms with Crippen LogP contribution in [-0.4, -0.2) is 18.6 Å². The minimum absolute atomic E-state index is 0.572. The molecular formula is C9H13ClO2PPd. The molecule has 1 rings (SSSR count). The molecule has 0 saturated carbocycles. The van der Waals surface area contributed by atoms with Crippen LogP contribution in [0.4, 0.5) is 0 Å². The van der Waals surface area contributed by atoms with E-state index < -0.39 is 0 Å². The summed E-state index contributed by atoms with van der Waals surface area (Å²) in [6.45, 7) is 0. The van der Waals surface area contributed by atoms with Crippen LogP contribution < -0.4 is 14.8 Å². The van der Waals surface area contributed by atoms with Crippen molar-refractivity contribution in [2.75, 3.05) is 18.6 Å². The van der Waals surface area contributed by atoms with Gasteiger partial charge in [-0.2, -0.15) is 0 Å². The first kappa shape index (κ1) is 14.2. The number of halogens is 1. The summed E-state index contributed by atoms with van der Waals surface area (Å²) >= 11 is 7.64. The van der Waals surface area contributed by atoms with Crippen molar-refractivity contribution in [2.45, 2.75) is 0 Å². The summed E-state index contributed by atoms with van der Waals surface area (Å²) in [7, 11) is 5.87. The van der Waals surface area contributed by atoms with Gasteiger partial charge in [0.1, 0.15) is 11.5 Å². The van der Waals surface area contributed by atoms with E-state index in [0.29, 0.717) is 4.35 Å². The number of rotatable bonds is 2. The molecule has 0 aromatic heterocycles. The standard InChI is InChI=1S/C8H11O2P.CH2Cl.Pd/c1-9-6-3-7(10-2)5-8(11)4-6;1-2;/h3-5H,11H2,1-2H3;1H2;. The van der Waals surface area contributed by atoms with Gasteiger partial charge < -0.3 is 9.47 Å². The van der Waals surface area contributed by atoms with Crippen molar-refractivity contribution in [1.29, 1.82) is 0 Å². The van der Waals surface area contributed by atoms with Crippen LogP contribution in [0.15, 0.2) is 18.2 Å². The van der Waals surface area contributed by atoms with Crippen LogP contribution in [0, 0.1) is 0 Å². The first-order valence-corrected chi connectivity index (χ1v) is 5.95. The Hall–Kier alpha value is 0.202. The van der Waals surface area contributed by atoms with Crippen LogP contribution in [0.1, 0.15) is 0 Å². The fourth-order valence-electron chi connectivity index (χ4n) is 0.829. The van der Waals surface area contributed by atoms with Gasteiger partial charge in [0.25, 0.3) is 0 Å². The van der Waals surface area contributed by atoms with Crippen molar-refractivity contribution in [3.8, 4) is 11.5 Å². The predicted octanol–water partition coefficient (Wildman–Crippen LogP) is 1.93. The number of hydrogen-bond acceptors (Lipinski definition) is 2. The molecule has 0 saturated heterocycles. The van der Waals surface area contributed by atoms with E-state index >= 15 is 0 Å². The van der Waals surface area contributed by atoms with Gasteiger partial charge in [-0.3, -0.25) is 0 Å². The normalized spacial score (nSPS) is 8.71. The zero-order valence-corrected chi connectivity index (χ0v) is 11.5. The molecule has 0 fully saturated rings. The van der Waals surface area contributed by atoms with Crippen molar-refractivity contribution >= 4 is 26.1 Å². The number of alkyl halides is 1. The first-order chi connectivity index (χ1) is 6.67. The first-order valence-electron chi connectivity index (χ1n) is 3.74. The van der Waals surface area contributed by atoms with Crippen molar-refractivity contribution in [1.82, 2.24) is 0 Å². The molecule has 0 bridgehead atoms. The summed E-state index contributed by atoms with van der Waals surface area (Å²) in [6, 6.07) is 5.69. The maximum atomic E-state index is 5.04. The molecule has 1 aromatic rings. The van der Waals surface area contributed by atoms with Crippen molar-refractivity contribution in [3.05, 3.63) is 18.2 Å². The zero-order chi connectivity index (χ0) is 11.0. The number of ether oxygens (including phenoxy) is 2. The second-order valence-electron chi connectivity index (χ2n) is 2.23. The van der Waals surface area contributed by atoms with E-state index in [1.54, 1.807) is 14.2 Å². The van der Waals surface area contributed by atoms with Gasteiger partial charge in [-0.15, -0.1) is 9.24 Å². The van der Waals surface area contributed by atoms with Crippen LogP contribution in [0.25, 0.3) is 0 Å². The van der Waals surface area contributed by atoms with Crippen LogP contribution in [0.2, 0.25) is 0 Å². The third-order valence-corrected chi connectivity index (χ3v) is 1.71.